The van der Waals surface area contributed by atoms with E-state index in [4.69, 9.17) is 4.74 Å². The number of methoxy groups -OCH3 is 1. The molecular formula is C16H21N3O2S. The van der Waals surface area contributed by atoms with Gasteiger partial charge in [0.2, 0.25) is 0 Å². The van der Waals surface area contributed by atoms with Crippen molar-refractivity contribution in [3.63, 3.8) is 0 Å². The molecule has 0 aliphatic carbocycles. The molecule has 1 N–H and O–H groups in total. The molecule has 2 heterocycles. The van der Waals surface area contributed by atoms with E-state index in [1.54, 1.807) is 7.11 Å². The minimum atomic E-state index is -0.101. The SMILES string of the molecule is COc1nnc(CN2CCC(CO)(c3ccccc3)CC2)s1. The molecule has 1 aromatic carbocycles. The average Bonchev–Trinajstić information content (AvgIpc) is 3.04. The zero-order valence-corrected chi connectivity index (χ0v) is 13.6. The van der Waals surface area contributed by atoms with E-state index >= 15 is 0 Å². The molecule has 0 amide bonds. The third kappa shape index (κ3) is 3.14. The lowest BCUT2D eigenvalue weighted by Gasteiger charge is -2.40. The van der Waals surface area contributed by atoms with Crippen LogP contribution in [0.15, 0.2) is 30.3 Å². The summed E-state index contributed by atoms with van der Waals surface area (Å²) in [6, 6.07) is 10.4. The van der Waals surface area contributed by atoms with Gasteiger partial charge in [0.25, 0.3) is 5.19 Å². The number of piperidine rings is 1. The highest BCUT2D eigenvalue weighted by atomic mass is 32.1. The Hall–Kier alpha value is -1.50. The molecule has 6 heteroatoms. The Balaban J connectivity index is 1.63. The van der Waals surface area contributed by atoms with E-state index in [-0.39, 0.29) is 12.0 Å². The highest BCUT2D eigenvalue weighted by Gasteiger charge is 2.35. The molecule has 0 spiro atoms. The second-order valence-corrected chi connectivity index (χ2v) is 6.77. The lowest BCUT2D eigenvalue weighted by Crippen LogP contribution is -2.44. The van der Waals surface area contributed by atoms with Gasteiger partial charge >= 0.3 is 0 Å². The summed E-state index contributed by atoms with van der Waals surface area (Å²) >= 11 is 1.49. The fraction of sp³-hybridized carbons (Fsp3) is 0.500. The summed E-state index contributed by atoms with van der Waals surface area (Å²) in [7, 11) is 1.61. The summed E-state index contributed by atoms with van der Waals surface area (Å²) in [6.07, 6.45) is 1.92. The van der Waals surface area contributed by atoms with Crippen molar-refractivity contribution < 1.29 is 9.84 Å². The minimum absolute atomic E-state index is 0.101. The average molecular weight is 319 g/mol. The lowest BCUT2D eigenvalue weighted by molar-refractivity contribution is 0.0973. The standard InChI is InChI=1S/C16H21N3O2S/c1-21-15-18-17-14(22-15)11-19-9-7-16(12-20,8-10-19)13-5-3-2-4-6-13/h2-6,20H,7-12H2,1H3. The van der Waals surface area contributed by atoms with E-state index < -0.39 is 0 Å². The number of likely N-dealkylation sites (tertiary alicyclic amines) is 1. The van der Waals surface area contributed by atoms with Gasteiger partial charge in [0.15, 0.2) is 0 Å². The quantitative estimate of drug-likeness (QED) is 0.914. The van der Waals surface area contributed by atoms with Gasteiger partial charge in [-0.1, -0.05) is 41.7 Å². The highest BCUT2D eigenvalue weighted by Crippen LogP contribution is 2.35. The number of hydrogen-bond acceptors (Lipinski definition) is 6. The topological polar surface area (TPSA) is 58.5 Å². The number of ether oxygens (including phenoxy) is 1. The molecule has 3 rings (SSSR count). The first-order valence-electron chi connectivity index (χ1n) is 7.51. The smallest absolute Gasteiger partial charge is 0.293 e. The first kappa shape index (κ1) is 15.4. The van der Waals surface area contributed by atoms with Gasteiger partial charge in [0, 0.05) is 5.41 Å². The summed E-state index contributed by atoms with van der Waals surface area (Å²) in [5.74, 6) is 0. The summed E-state index contributed by atoms with van der Waals surface area (Å²) in [5.41, 5.74) is 1.14. The third-order valence-corrected chi connectivity index (χ3v) is 5.35. The van der Waals surface area contributed by atoms with Crippen LogP contribution in [0.4, 0.5) is 0 Å². The van der Waals surface area contributed by atoms with Crippen LogP contribution in [0, 0.1) is 0 Å². The number of aromatic nitrogens is 2. The Morgan fingerprint density at radius 3 is 2.55 bits per heavy atom. The Morgan fingerprint density at radius 2 is 1.95 bits per heavy atom. The number of rotatable bonds is 5. The van der Waals surface area contributed by atoms with Crippen molar-refractivity contribution in [1.82, 2.24) is 15.1 Å². The number of aliphatic hydroxyl groups excluding tert-OH is 1. The monoisotopic (exact) mass is 319 g/mol. The molecule has 1 aromatic heterocycles. The van der Waals surface area contributed by atoms with Gasteiger partial charge in [-0.05, 0) is 31.5 Å². The van der Waals surface area contributed by atoms with Crippen LogP contribution in [0.3, 0.4) is 0 Å². The van der Waals surface area contributed by atoms with Crippen LogP contribution in [0.5, 0.6) is 5.19 Å². The van der Waals surface area contributed by atoms with Crippen molar-refractivity contribution in [3.05, 3.63) is 40.9 Å². The van der Waals surface area contributed by atoms with E-state index in [1.165, 1.54) is 16.9 Å². The molecule has 118 valence electrons. The molecule has 22 heavy (non-hydrogen) atoms. The molecule has 0 radical (unpaired) electrons. The van der Waals surface area contributed by atoms with E-state index in [1.807, 2.05) is 18.2 Å². The van der Waals surface area contributed by atoms with Gasteiger partial charge in [0.05, 0.1) is 20.3 Å². The fourth-order valence-corrected chi connectivity index (χ4v) is 3.74. The van der Waals surface area contributed by atoms with Crippen LogP contribution in [0.2, 0.25) is 0 Å². The maximum Gasteiger partial charge on any atom is 0.293 e. The molecule has 2 aromatic rings. The van der Waals surface area contributed by atoms with E-state index in [0.29, 0.717) is 5.19 Å². The predicted molar refractivity (Wildman–Crippen MR) is 86.2 cm³/mol. The van der Waals surface area contributed by atoms with Gasteiger partial charge in [-0.25, -0.2) is 0 Å². The van der Waals surface area contributed by atoms with Crippen LogP contribution in [-0.2, 0) is 12.0 Å². The Morgan fingerprint density at radius 1 is 1.23 bits per heavy atom. The molecule has 0 bridgehead atoms. The first-order chi connectivity index (χ1) is 10.8. The van der Waals surface area contributed by atoms with Gasteiger partial charge in [0.1, 0.15) is 5.01 Å². The zero-order valence-electron chi connectivity index (χ0n) is 12.7. The Bertz CT molecular complexity index is 594. The van der Waals surface area contributed by atoms with Crippen molar-refractivity contribution in [2.75, 3.05) is 26.8 Å². The molecule has 5 nitrogen and oxygen atoms in total. The number of hydrogen-bond donors (Lipinski definition) is 1. The molecule has 0 atom stereocenters. The van der Waals surface area contributed by atoms with Gasteiger partial charge < -0.3 is 9.84 Å². The molecular weight excluding hydrogens is 298 g/mol. The minimum Gasteiger partial charge on any atom is -0.472 e. The van der Waals surface area contributed by atoms with E-state index in [9.17, 15) is 5.11 Å². The third-order valence-electron chi connectivity index (χ3n) is 4.48. The number of benzene rings is 1. The van der Waals surface area contributed by atoms with Crippen molar-refractivity contribution in [2.45, 2.75) is 24.8 Å². The van der Waals surface area contributed by atoms with Crippen molar-refractivity contribution in [2.24, 2.45) is 0 Å². The predicted octanol–water partition coefficient (Wildman–Crippen LogP) is 2.07. The zero-order chi connectivity index (χ0) is 15.4. The largest absolute Gasteiger partial charge is 0.472 e. The summed E-state index contributed by atoms with van der Waals surface area (Å²) in [4.78, 5) is 2.37. The van der Waals surface area contributed by atoms with Crippen LogP contribution < -0.4 is 4.74 Å². The second kappa shape index (κ2) is 6.73. The van der Waals surface area contributed by atoms with Crippen LogP contribution in [0.25, 0.3) is 0 Å². The van der Waals surface area contributed by atoms with Crippen molar-refractivity contribution in [3.8, 4) is 5.19 Å². The molecule has 1 aliphatic rings. The number of nitrogens with zero attached hydrogens (tertiary/aromatic N) is 3. The number of aliphatic hydroxyl groups is 1. The fourth-order valence-electron chi connectivity index (χ4n) is 3.04. The van der Waals surface area contributed by atoms with Gasteiger partial charge in [-0.3, -0.25) is 4.90 Å². The second-order valence-electron chi connectivity index (χ2n) is 5.75. The maximum atomic E-state index is 9.95. The highest BCUT2D eigenvalue weighted by molar-refractivity contribution is 7.13. The van der Waals surface area contributed by atoms with Crippen LogP contribution in [-0.4, -0.2) is 47.0 Å². The van der Waals surface area contributed by atoms with Crippen molar-refractivity contribution >= 4 is 11.3 Å². The normalized spacial score (nSPS) is 18.3. The van der Waals surface area contributed by atoms with E-state index in [2.05, 4.69) is 27.2 Å². The Kier molecular flexibility index (Phi) is 4.71. The molecule has 1 fully saturated rings. The van der Waals surface area contributed by atoms with Crippen LogP contribution >= 0.6 is 11.3 Å². The van der Waals surface area contributed by atoms with Gasteiger partial charge in [-0.15, -0.1) is 10.2 Å². The molecule has 1 aliphatic heterocycles. The van der Waals surface area contributed by atoms with E-state index in [0.717, 1.165) is 37.5 Å². The van der Waals surface area contributed by atoms with Gasteiger partial charge in [-0.2, -0.15) is 0 Å². The maximum absolute atomic E-state index is 9.95. The molecule has 0 saturated carbocycles. The summed E-state index contributed by atoms with van der Waals surface area (Å²) in [6.45, 7) is 2.92. The van der Waals surface area contributed by atoms with Crippen LogP contribution in [0.1, 0.15) is 23.4 Å². The molecule has 0 unspecified atom stereocenters. The first-order valence-corrected chi connectivity index (χ1v) is 8.32. The lowest BCUT2D eigenvalue weighted by atomic mass is 9.73. The Labute approximate surface area is 134 Å². The van der Waals surface area contributed by atoms with Crippen molar-refractivity contribution in [1.29, 1.82) is 0 Å². The molecule has 1 saturated heterocycles. The summed E-state index contributed by atoms with van der Waals surface area (Å²) in [5, 5.41) is 19.7. The summed E-state index contributed by atoms with van der Waals surface area (Å²) < 4.78 is 5.09.